The summed E-state index contributed by atoms with van der Waals surface area (Å²) in [7, 11) is 0. The standard InChI is InChI=1S/C13H24S/c1-10(2)13-8-12(9-14-13)11-6-4-3-5-7-11/h10-13H,3-9H2,1-2H3. The summed E-state index contributed by atoms with van der Waals surface area (Å²) >= 11 is 2.25. The van der Waals surface area contributed by atoms with E-state index in [2.05, 4.69) is 25.6 Å². The van der Waals surface area contributed by atoms with Crippen LogP contribution in [-0.2, 0) is 0 Å². The van der Waals surface area contributed by atoms with Gasteiger partial charge in [0, 0.05) is 5.25 Å². The maximum atomic E-state index is 2.39. The van der Waals surface area contributed by atoms with Crippen LogP contribution in [0.15, 0.2) is 0 Å². The average Bonchev–Trinajstić information content (AvgIpc) is 2.68. The highest BCUT2D eigenvalue weighted by Gasteiger charge is 2.32. The smallest absolute Gasteiger partial charge is 0.00731 e. The van der Waals surface area contributed by atoms with Crippen LogP contribution in [0.2, 0.25) is 0 Å². The lowest BCUT2D eigenvalue weighted by Gasteiger charge is -2.27. The molecule has 1 heteroatoms. The number of rotatable bonds is 2. The Labute approximate surface area is 93.2 Å². The van der Waals surface area contributed by atoms with Gasteiger partial charge < -0.3 is 0 Å². The average molecular weight is 212 g/mol. The Hall–Kier alpha value is 0.350. The fraction of sp³-hybridized carbons (Fsp3) is 1.00. The summed E-state index contributed by atoms with van der Waals surface area (Å²) in [5.74, 6) is 4.54. The third-order valence-electron chi connectivity index (χ3n) is 4.12. The predicted octanol–water partition coefficient (Wildman–Crippen LogP) is 4.34. The maximum Gasteiger partial charge on any atom is 0.00731 e. The van der Waals surface area contributed by atoms with Crippen LogP contribution in [0, 0.1) is 17.8 Å². The topological polar surface area (TPSA) is 0 Å². The first-order valence-electron chi connectivity index (χ1n) is 6.39. The van der Waals surface area contributed by atoms with E-state index in [9.17, 15) is 0 Å². The van der Waals surface area contributed by atoms with Crippen LogP contribution in [0.25, 0.3) is 0 Å². The highest BCUT2D eigenvalue weighted by molar-refractivity contribution is 8.00. The molecular weight excluding hydrogens is 188 g/mol. The van der Waals surface area contributed by atoms with Gasteiger partial charge in [-0.15, -0.1) is 0 Å². The zero-order chi connectivity index (χ0) is 9.97. The van der Waals surface area contributed by atoms with Gasteiger partial charge >= 0.3 is 0 Å². The first-order chi connectivity index (χ1) is 6.77. The summed E-state index contributed by atoms with van der Waals surface area (Å²) in [6.07, 6.45) is 9.12. The van der Waals surface area contributed by atoms with Crippen LogP contribution in [0.1, 0.15) is 52.4 Å². The quantitative estimate of drug-likeness (QED) is 0.656. The minimum Gasteiger partial charge on any atom is -0.158 e. The summed E-state index contributed by atoms with van der Waals surface area (Å²) in [6.45, 7) is 4.78. The molecule has 0 amide bonds. The summed E-state index contributed by atoms with van der Waals surface area (Å²) in [4.78, 5) is 0. The first-order valence-corrected chi connectivity index (χ1v) is 7.44. The molecule has 0 aromatic rings. The fourth-order valence-electron chi connectivity index (χ4n) is 3.08. The van der Waals surface area contributed by atoms with Gasteiger partial charge in [-0.05, 0) is 29.9 Å². The SMILES string of the molecule is CC(C)C1CC(C2CCCCC2)CS1. The maximum absolute atomic E-state index is 2.39. The molecule has 2 fully saturated rings. The minimum atomic E-state index is 0.897. The van der Waals surface area contributed by atoms with Crippen LogP contribution in [0.4, 0.5) is 0 Å². The number of hydrogen-bond donors (Lipinski definition) is 0. The molecule has 0 radical (unpaired) electrons. The molecule has 14 heavy (non-hydrogen) atoms. The highest BCUT2D eigenvalue weighted by atomic mass is 32.2. The van der Waals surface area contributed by atoms with E-state index in [0.29, 0.717) is 0 Å². The van der Waals surface area contributed by atoms with Crippen LogP contribution in [0.3, 0.4) is 0 Å². The Kier molecular flexibility index (Phi) is 3.81. The van der Waals surface area contributed by atoms with E-state index in [1.807, 2.05) is 0 Å². The van der Waals surface area contributed by atoms with Crippen molar-refractivity contribution in [3.63, 3.8) is 0 Å². The molecule has 2 aliphatic rings. The van der Waals surface area contributed by atoms with Gasteiger partial charge in [0.2, 0.25) is 0 Å². The highest BCUT2D eigenvalue weighted by Crippen LogP contribution is 2.43. The van der Waals surface area contributed by atoms with E-state index < -0.39 is 0 Å². The Bertz CT molecular complexity index is 170. The van der Waals surface area contributed by atoms with Gasteiger partial charge in [0.25, 0.3) is 0 Å². The molecule has 0 nitrogen and oxygen atoms in total. The van der Waals surface area contributed by atoms with Crippen molar-refractivity contribution >= 4 is 11.8 Å². The van der Waals surface area contributed by atoms with Gasteiger partial charge in [0.1, 0.15) is 0 Å². The van der Waals surface area contributed by atoms with E-state index in [-0.39, 0.29) is 0 Å². The third kappa shape index (κ3) is 2.48. The van der Waals surface area contributed by atoms with E-state index in [4.69, 9.17) is 0 Å². The fourth-order valence-corrected chi connectivity index (χ4v) is 4.75. The molecule has 2 unspecified atom stereocenters. The zero-order valence-corrected chi connectivity index (χ0v) is 10.5. The van der Waals surface area contributed by atoms with Gasteiger partial charge in [-0.2, -0.15) is 11.8 Å². The van der Waals surface area contributed by atoms with Crippen LogP contribution >= 0.6 is 11.8 Å². The van der Waals surface area contributed by atoms with Crippen molar-refractivity contribution in [2.75, 3.05) is 5.75 Å². The van der Waals surface area contributed by atoms with Gasteiger partial charge in [-0.3, -0.25) is 0 Å². The molecule has 0 bridgehead atoms. The summed E-state index contributed by atoms with van der Waals surface area (Å²) in [5.41, 5.74) is 0. The molecule has 2 atom stereocenters. The van der Waals surface area contributed by atoms with Crippen molar-refractivity contribution in [3.8, 4) is 0 Å². The minimum absolute atomic E-state index is 0.897. The molecule has 1 heterocycles. The second-order valence-corrected chi connectivity index (χ2v) is 6.78. The zero-order valence-electron chi connectivity index (χ0n) is 9.67. The van der Waals surface area contributed by atoms with Crippen molar-refractivity contribution in [2.45, 2.75) is 57.6 Å². The molecular formula is C13H24S. The van der Waals surface area contributed by atoms with Crippen LogP contribution < -0.4 is 0 Å². The second kappa shape index (κ2) is 4.92. The Balaban J connectivity index is 1.82. The lowest BCUT2D eigenvalue weighted by Crippen LogP contribution is -2.19. The molecule has 1 aliphatic heterocycles. The van der Waals surface area contributed by atoms with Crippen LogP contribution in [-0.4, -0.2) is 11.0 Å². The molecule has 0 N–H and O–H groups in total. The molecule has 82 valence electrons. The Morgan fingerprint density at radius 2 is 1.71 bits per heavy atom. The molecule has 0 spiro atoms. The summed E-state index contributed by atoms with van der Waals surface area (Å²) < 4.78 is 0. The molecule has 1 saturated carbocycles. The monoisotopic (exact) mass is 212 g/mol. The van der Waals surface area contributed by atoms with Gasteiger partial charge in [-0.25, -0.2) is 0 Å². The van der Waals surface area contributed by atoms with Crippen molar-refractivity contribution in [3.05, 3.63) is 0 Å². The largest absolute Gasteiger partial charge is 0.158 e. The Morgan fingerprint density at radius 3 is 2.29 bits per heavy atom. The number of hydrogen-bond acceptors (Lipinski definition) is 1. The lowest BCUT2D eigenvalue weighted by atomic mass is 9.78. The lowest BCUT2D eigenvalue weighted by molar-refractivity contribution is 0.257. The van der Waals surface area contributed by atoms with Crippen molar-refractivity contribution in [2.24, 2.45) is 17.8 Å². The molecule has 0 aromatic heterocycles. The summed E-state index contributed by atoms with van der Waals surface area (Å²) in [6, 6.07) is 0. The Morgan fingerprint density at radius 1 is 1.00 bits per heavy atom. The van der Waals surface area contributed by atoms with Gasteiger partial charge in [0.15, 0.2) is 0 Å². The predicted molar refractivity (Wildman–Crippen MR) is 65.8 cm³/mol. The molecule has 1 saturated heterocycles. The van der Waals surface area contributed by atoms with Crippen molar-refractivity contribution in [1.29, 1.82) is 0 Å². The van der Waals surface area contributed by atoms with E-state index in [0.717, 1.165) is 23.0 Å². The summed E-state index contributed by atoms with van der Waals surface area (Å²) in [5, 5.41) is 0.974. The van der Waals surface area contributed by atoms with Crippen molar-refractivity contribution < 1.29 is 0 Å². The van der Waals surface area contributed by atoms with Crippen molar-refractivity contribution in [1.82, 2.24) is 0 Å². The van der Waals surface area contributed by atoms with E-state index >= 15 is 0 Å². The van der Waals surface area contributed by atoms with E-state index in [1.54, 1.807) is 0 Å². The molecule has 2 rings (SSSR count). The van der Waals surface area contributed by atoms with Gasteiger partial charge in [0.05, 0.1) is 0 Å². The molecule has 0 aromatic carbocycles. The van der Waals surface area contributed by atoms with E-state index in [1.165, 1.54) is 44.3 Å². The molecule has 1 aliphatic carbocycles. The van der Waals surface area contributed by atoms with Crippen LogP contribution in [0.5, 0.6) is 0 Å². The normalized spacial score (nSPS) is 35.4. The number of thioether (sulfide) groups is 1. The second-order valence-electron chi connectivity index (χ2n) is 5.51. The first kappa shape index (κ1) is 10.9. The third-order valence-corrected chi connectivity index (χ3v) is 5.91. The van der Waals surface area contributed by atoms with Gasteiger partial charge in [-0.1, -0.05) is 46.0 Å².